The summed E-state index contributed by atoms with van der Waals surface area (Å²) in [5.41, 5.74) is -0.0161. The van der Waals surface area contributed by atoms with E-state index in [1.165, 1.54) is 7.11 Å². The predicted molar refractivity (Wildman–Crippen MR) is 103 cm³/mol. The first kappa shape index (κ1) is 19.9. The number of pyridine rings is 1. The number of nitriles is 1. The lowest BCUT2D eigenvalue weighted by Gasteiger charge is -2.16. The third kappa shape index (κ3) is 3.86. The monoisotopic (exact) mass is 402 g/mol. The average Bonchev–Trinajstić information content (AvgIpc) is 3.19. The molecule has 1 aliphatic heterocycles. The van der Waals surface area contributed by atoms with Crippen LogP contribution in [0.4, 0.5) is 11.4 Å². The van der Waals surface area contributed by atoms with Gasteiger partial charge in [-0.3, -0.25) is 9.36 Å². The zero-order chi connectivity index (χ0) is 20.3. The summed E-state index contributed by atoms with van der Waals surface area (Å²) in [5.74, 6) is 0.0459. The van der Waals surface area contributed by atoms with Gasteiger partial charge in [0.05, 0.1) is 19.8 Å². The number of hydrogen-bond acceptors (Lipinski definition) is 7. The summed E-state index contributed by atoms with van der Waals surface area (Å²) in [4.78, 5) is 12.9. The Labute approximate surface area is 166 Å². The number of azo groups is 1. The molecule has 0 aliphatic carbocycles. The van der Waals surface area contributed by atoms with Crippen molar-refractivity contribution in [3.05, 3.63) is 44.7 Å². The van der Waals surface area contributed by atoms with E-state index in [1.54, 1.807) is 25.1 Å². The molecule has 0 radical (unpaired) electrons. The molecule has 2 heterocycles. The number of hydrogen-bond donors (Lipinski definition) is 1. The fourth-order valence-electron chi connectivity index (χ4n) is 3.06. The number of halogens is 1. The molecule has 1 N–H and O–H groups in total. The topological polar surface area (TPSA) is 109 Å². The Bertz CT molecular complexity index is 1020. The van der Waals surface area contributed by atoms with Crippen LogP contribution >= 0.6 is 11.6 Å². The van der Waals surface area contributed by atoms with Crippen molar-refractivity contribution in [3.8, 4) is 17.7 Å². The zero-order valence-electron chi connectivity index (χ0n) is 15.5. The van der Waals surface area contributed by atoms with Gasteiger partial charge in [0.25, 0.3) is 5.56 Å². The zero-order valence-corrected chi connectivity index (χ0v) is 16.2. The van der Waals surface area contributed by atoms with Crippen molar-refractivity contribution in [1.82, 2.24) is 4.57 Å². The van der Waals surface area contributed by atoms with Gasteiger partial charge in [0, 0.05) is 17.2 Å². The molecule has 1 unspecified atom stereocenters. The van der Waals surface area contributed by atoms with Crippen molar-refractivity contribution in [2.75, 3.05) is 13.7 Å². The van der Waals surface area contributed by atoms with Crippen molar-refractivity contribution in [1.29, 1.82) is 5.26 Å². The maximum atomic E-state index is 12.9. The SMILES string of the molecule is COc1ccc(Cl)cc1N=Nc1c(C)c(C#N)c(O)n(CC2CCCO2)c1=O. The molecule has 9 heteroatoms. The molecule has 3 rings (SSSR count). The van der Waals surface area contributed by atoms with Crippen LogP contribution in [0.3, 0.4) is 0 Å². The second-order valence-corrected chi connectivity index (χ2v) is 6.79. The van der Waals surface area contributed by atoms with Crippen LogP contribution in [0.15, 0.2) is 33.2 Å². The van der Waals surface area contributed by atoms with Gasteiger partial charge < -0.3 is 14.6 Å². The average molecular weight is 403 g/mol. The van der Waals surface area contributed by atoms with Crippen LogP contribution in [0, 0.1) is 18.3 Å². The Morgan fingerprint density at radius 2 is 2.25 bits per heavy atom. The molecule has 0 bridgehead atoms. The van der Waals surface area contributed by atoms with Gasteiger partial charge in [0.1, 0.15) is 23.1 Å². The van der Waals surface area contributed by atoms with Gasteiger partial charge in [0.2, 0.25) is 5.88 Å². The van der Waals surface area contributed by atoms with Gasteiger partial charge in [-0.1, -0.05) is 11.6 Å². The predicted octanol–water partition coefficient (Wildman–Crippen LogP) is 3.99. The van der Waals surface area contributed by atoms with Crippen molar-refractivity contribution >= 4 is 23.0 Å². The van der Waals surface area contributed by atoms with Crippen molar-refractivity contribution in [2.45, 2.75) is 32.4 Å². The molecule has 28 heavy (non-hydrogen) atoms. The molecular weight excluding hydrogens is 384 g/mol. The van der Waals surface area contributed by atoms with Crippen LogP contribution in [-0.4, -0.2) is 29.5 Å². The Morgan fingerprint density at radius 1 is 1.46 bits per heavy atom. The molecule has 1 saturated heterocycles. The molecule has 1 aliphatic rings. The third-order valence-corrected chi connectivity index (χ3v) is 4.81. The number of benzene rings is 1. The van der Waals surface area contributed by atoms with Gasteiger partial charge in [0.15, 0.2) is 5.69 Å². The Balaban J connectivity index is 2.09. The highest BCUT2D eigenvalue weighted by atomic mass is 35.5. The van der Waals surface area contributed by atoms with Crippen molar-refractivity contribution < 1.29 is 14.6 Å². The quantitative estimate of drug-likeness (QED) is 0.760. The fraction of sp³-hybridized carbons (Fsp3) is 0.368. The number of rotatable bonds is 5. The van der Waals surface area contributed by atoms with Crippen LogP contribution in [0.25, 0.3) is 0 Å². The first-order chi connectivity index (χ1) is 13.5. The number of methoxy groups -OCH3 is 1. The Hall–Kier alpha value is -2.89. The molecule has 8 nitrogen and oxygen atoms in total. The minimum Gasteiger partial charge on any atom is -0.494 e. The van der Waals surface area contributed by atoms with Gasteiger partial charge in [-0.25, -0.2) is 0 Å². The summed E-state index contributed by atoms with van der Waals surface area (Å²) in [5, 5.41) is 28.4. The summed E-state index contributed by atoms with van der Waals surface area (Å²) in [6.07, 6.45) is 1.46. The minimum atomic E-state index is -0.547. The van der Waals surface area contributed by atoms with Gasteiger partial charge in [-0.2, -0.15) is 5.26 Å². The molecule has 2 aromatic rings. The molecule has 0 saturated carbocycles. The lowest BCUT2D eigenvalue weighted by atomic mass is 10.1. The summed E-state index contributed by atoms with van der Waals surface area (Å²) in [7, 11) is 1.48. The standard InChI is InChI=1S/C19H19ClN4O4/c1-11-14(9-21)18(25)24(10-13-4-3-7-28-13)19(26)17(11)23-22-15-8-12(20)5-6-16(15)27-2/h5-6,8,13,25H,3-4,7,10H2,1-2H3. The number of ether oxygens (including phenoxy) is 2. The smallest absolute Gasteiger partial charge is 0.281 e. The van der Waals surface area contributed by atoms with Crippen LogP contribution in [-0.2, 0) is 11.3 Å². The summed E-state index contributed by atoms with van der Waals surface area (Å²) >= 11 is 5.99. The maximum Gasteiger partial charge on any atom is 0.281 e. The molecule has 0 amide bonds. The van der Waals surface area contributed by atoms with E-state index < -0.39 is 5.56 Å². The second-order valence-electron chi connectivity index (χ2n) is 6.35. The molecular formula is C19H19ClN4O4. The van der Waals surface area contributed by atoms with E-state index in [-0.39, 0.29) is 35.3 Å². The lowest BCUT2D eigenvalue weighted by molar-refractivity contribution is 0.0939. The summed E-state index contributed by atoms with van der Waals surface area (Å²) in [6.45, 7) is 2.29. The maximum absolute atomic E-state index is 12.9. The minimum absolute atomic E-state index is 0.0235. The van der Waals surface area contributed by atoms with Crippen molar-refractivity contribution in [2.24, 2.45) is 10.2 Å². The largest absolute Gasteiger partial charge is 0.494 e. The second kappa shape index (κ2) is 8.42. The Morgan fingerprint density at radius 3 is 2.89 bits per heavy atom. The molecule has 0 spiro atoms. The molecule has 146 valence electrons. The molecule has 1 aromatic carbocycles. The van der Waals surface area contributed by atoms with E-state index in [0.717, 1.165) is 17.4 Å². The van der Waals surface area contributed by atoms with Gasteiger partial charge >= 0.3 is 0 Å². The van der Waals surface area contributed by atoms with Gasteiger partial charge in [-0.05, 0) is 38.0 Å². The van der Waals surface area contributed by atoms with E-state index in [2.05, 4.69) is 10.2 Å². The highest BCUT2D eigenvalue weighted by Crippen LogP contribution is 2.33. The van der Waals surface area contributed by atoms with Crippen LogP contribution < -0.4 is 10.3 Å². The first-order valence-electron chi connectivity index (χ1n) is 8.69. The highest BCUT2D eigenvalue weighted by molar-refractivity contribution is 6.30. The third-order valence-electron chi connectivity index (χ3n) is 4.58. The normalized spacial score (nSPS) is 16.4. The van der Waals surface area contributed by atoms with Crippen LogP contribution in [0.5, 0.6) is 11.6 Å². The molecule has 1 aromatic heterocycles. The van der Waals surface area contributed by atoms with E-state index >= 15 is 0 Å². The highest BCUT2D eigenvalue weighted by Gasteiger charge is 2.23. The number of nitrogens with zero attached hydrogens (tertiary/aromatic N) is 4. The Kier molecular flexibility index (Phi) is 5.97. The van der Waals surface area contributed by atoms with E-state index in [0.29, 0.717) is 23.1 Å². The summed E-state index contributed by atoms with van der Waals surface area (Å²) in [6, 6.07) is 6.76. The van der Waals surface area contributed by atoms with E-state index in [1.807, 2.05) is 6.07 Å². The van der Waals surface area contributed by atoms with Gasteiger partial charge in [-0.15, -0.1) is 10.2 Å². The fourth-order valence-corrected chi connectivity index (χ4v) is 3.23. The van der Waals surface area contributed by atoms with Crippen LogP contribution in [0.1, 0.15) is 24.0 Å². The summed E-state index contributed by atoms with van der Waals surface area (Å²) < 4.78 is 11.9. The lowest BCUT2D eigenvalue weighted by Crippen LogP contribution is -2.27. The molecule has 1 atom stereocenters. The first-order valence-corrected chi connectivity index (χ1v) is 9.07. The van der Waals surface area contributed by atoms with E-state index in [4.69, 9.17) is 21.1 Å². The van der Waals surface area contributed by atoms with E-state index in [9.17, 15) is 15.2 Å². The number of aromatic hydroxyl groups is 1. The number of aromatic nitrogens is 1. The van der Waals surface area contributed by atoms with Crippen LogP contribution in [0.2, 0.25) is 5.02 Å². The molecule has 1 fully saturated rings. The van der Waals surface area contributed by atoms with Crippen molar-refractivity contribution in [3.63, 3.8) is 0 Å².